The lowest BCUT2D eigenvalue weighted by molar-refractivity contribution is -0.139. The summed E-state index contributed by atoms with van der Waals surface area (Å²) in [6.07, 6.45) is 0.369. The van der Waals surface area contributed by atoms with E-state index in [2.05, 4.69) is 0 Å². The number of carbonyl (C=O) groups is 7. The van der Waals surface area contributed by atoms with Gasteiger partial charge in [-0.15, -0.1) is 0 Å². The van der Waals surface area contributed by atoms with E-state index in [4.69, 9.17) is 60.6 Å². The number of nitrogens with two attached hydrogens (primary N) is 7. The van der Waals surface area contributed by atoms with E-state index in [-0.39, 0.29) is 38.5 Å². The van der Waals surface area contributed by atoms with Crippen molar-refractivity contribution >= 4 is 41.6 Å². The van der Waals surface area contributed by atoms with Crippen LogP contribution < -0.4 is 40.1 Å². The Labute approximate surface area is 206 Å². The molecule has 18 heteroatoms. The highest BCUT2D eigenvalue weighted by atomic mass is 16.4. The number of aliphatic carboxylic acids is 4. The third-order valence-corrected chi connectivity index (χ3v) is 3.45. The van der Waals surface area contributed by atoms with Crippen molar-refractivity contribution in [1.82, 2.24) is 0 Å². The Hall–Kier alpha value is -3.87. The van der Waals surface area contributed by atoms with Crippen LogP contribution in [0.15, 0.2) is 0 Å². The minimum absolute atomic E-state index is 0.0213. The minimum atomic E-state index is -1.11. The zero-order valence-electron chi connectivity index (χ0n) is 19.7. The summed E-state index contributed by atoms with van der Waals surface area (Å²) in [6, 6.07) is -3.67. The molecule has 0 spiro atoms. The first kappa shape index (κ1) is 39.3. The molecule has 0 aromatic carbocycles. The Morgan fingerprint density at radius 1 is 0.500 bits per heavy atom. The molecule has 0 bridgehead atoms. The summed E-state index contributed by atoms with van der Waals surface area (Å²) < 4.78 is 0. The lowest BCUT2D eigenvalue weighted by Crippen LogP contribution is -2.31. The average Bonchev–Trinajstić information content (AvgIpc) is 2.74. The highest BCUT2D eigenvalue weighted by Crippen LogP contribution is 1.93. The molecule has 0 aromatic heterocycles. The maximum Gasteiger partial charge on any atom is 0.320 e. The van der Waals surface area contributed by atoms with Gasteiger partial charge < -0.3 is 60.6 Å². The molecule has 18 nitrogen and oxygen atoms in total. The van der Waals surface area contributed by atoms with Crippen molar-refractivity contribution in [3.63, 3.8) is 0 Å². The van der Waals surface area contributed by atoms with Gasteiger partial charge >= 0.3 is 23.9 Å². The fourth-order valence-electron chi connectivity index (χ4n) is 1.26. The van der Waals surface area contributed by atoms with Crippen LogP contribution in [0.3, 0.4) is 0 Å². The number of amides is 3. The molecule has 0 fully saturated rings. The van der Waals surface area contributed by atoms with Gasteiger partial charge in [0.15, 0.2) is 0 Å². The van der Waals surface area contributed by atoms with Gasteiger partial charge in [-0.2, -0.15) is 0 Å². The van der Waals surface area contributed by atoms with Crippen LogP contribution >= 0.6 is 0 Å². The van der Waals surface area contributed by atoms with Crippen LogP contribution in [0, 0.1) is 0 Å². The van der Waals surface area contributed by atoms with Crippen LogP contribution in [0.25, 0.3) is 0 Å². The van der Waals surface area contributed by atoms with E-state index in [1.807, 2.05) is 0 Å². The molecule has 36 heavy (non-hydrogen) atoms. The number of hydrogen-bond acceptors (Lipinski definition) is 11. The Bertz CT molecular complexity index is 651. The zero-order chi connectivity index (χ0) is 29.6. The second-order valence-electron chi connectivity index (χ2n) is 6.98. The van der Waals surface area contributed by atoms with Crippen LogP contribution in [0.1, 0.15) is 45.4 Å². The first-order valence-electron chi connectivity index (χ1n) is 10.0. The summed E-state index contributed by atoms with van der Waals surface area (Å²) in [7, 11) is 0. The van der Waals surface area contributed by atoms with E-state index in [0.717, 1.165) is 0 Å². The van der Waals surface area contributed by atoms with Gasteiger partial charge in [0.2, 0.25) is 17.7 Å². The van der Waals surface area contributed by atoms with Gasteiger partial charge in [-0.3, -0.25) is 33.6 Å². The third-order valence-electron chi connectivity index (χ3n) is 3.45. The molecule has 0 saturated heterocycles. The van der Waals surface area contributed by atoms with Gasteiger partial charge in [-0.1, -0.05) is 0 Å². The van der Waals surface area contributed by atoms with Crippen molar-refractivity contribution in [2.75, 3.05) is 0 Å². The zero-order valence-corrected chi connectivity index (χ0v) is 19.7. The molecule has 4 atom stereocenters. The predicted octanol–water partition coefficient (Wildman–Crippen LogP) is -4.59. The van der Waals surface area contributed by atoms with Crippen molar-refractivity contribution in [1.29, 1.82) is 0 Å². The highest BCUT2D eigenvalue weighted by Gasteiger charge is 2.12. The summed E-state index contributed by atoms with van der Waals surface area (Å²) in [4.78, 5) is 70.0. The molecular formula is C18H37N7O11. The van der Waals surface area contributed by atoms with E-state index in [1.165, 1.54) is 6.92 Å². The van der Waals surface area contributed by atoms with Crippen LogP contribution in [-0.4, -0.2) is 86.2 Å². The van der Waals surface area contributed by atoms with E-state index >= 15 is 0 Å². The van der Waals surface area contributed by atoms with E-state index in [1.54, 1.807) is 0 Å². The summed E-state index contributed by atoms with van der Waals surface area (Å²) in [5, 5.41) is 32.5. The maximum absolute atomic E-state index is 10.1. The molecule has 0 saturated carbocycles. The first-order valence-corrected chi connectivity index (χ1v) is 10.0. The van der Waals surface area contributed by atoms with Gasteiger partial charge in [0.1, 0.15) is 24.2 Å². The fourth-order valence-corrected chi connectivity index (χ4v) is 1.26. The first-order chi connectivity index (χ1) is 16.3. The second-order valence-corrected chi connectivity index (χ2v) is 6.98. The molecule has 3 amide bonds. The smallest absolute Gasteiger partial charge is 0.320 e. The van der Waals surface area contributed by atoms with Crippen molar-refractivity contribution in [3.05, 3.63) is 0 Å². The Morgan fingerprint density at radius 2 is 0.667 bits per heavy atom. The summed E-state index contributed by atoms with van der Waals surface area (Å²) in [5.41, 5.74) is 34.3. The largest absolute Gasteiger partial charge is 0.480 e. The van der Waals surface area contributed by atoms with E-state index < -0.39 is 65.8 Å². The number of carboxylic acids is 4. The van der Waals surface area contributed by atoms with Crippen molar-refractivity contribution in [3.8, 4) is 0 Å². The molecule has 0 aliphatic rings. The van der Waals surface area contributed by atoms with Gasteiger partial charge in [0.25, 0.3) is 0 Å². The molecule has 0 heterocycles. The Kier molecular flexibility index (Phi) is 25.0. The molecule has 0 radical (unpaired) electrons. The molecule has 0 rings (SSSR count). The van der Waals surface area contributed by atoms with Crippen molar-refractivity contribution < 1.29 is 54.0 Å². The molecule has 210 valence electrons. The summed E-state index contributed by atoms with van der Waals surface area (Å²) >= 11 is 0. The number of carboxylic acid groups (broad SMARTS) is 4. The van der Waals surface area contributed by atoms with Crippen molar-refractivity contribution in [2.24, 2.45) is 40.1 Å². The molecule has 18 N–H and O–H groups in total. The summed E-state index contributed by atoms with van der Waals surface area (Å²) in [6.45, 7) is 1.42. The van der Waals surface area contributed by atoms with Gasteiger partial charge in [0.05, 0.1) is 0 Å². The van der Waals surface area contributed by atoms with Gasteiger partial charge in [0, 0.05) is 19.3 Å². The predicted molar refractivity (Wildman–Crippen MR) is 123 cm³/mol. The molecule has 0 aliphatic carbocycles. The van der Waals surface area contributed by atoms with Crippen LogP contribution in [0.4, 0.5) is 0 Å². The molecule has 0 aliphatic heterocycles. The second kappa shape index (κ2) is 22.9. The maximum atomic E-state index is 10.1. The third kappa shape index (κ3) is 34.7. The number of rotatable bonds is 13. The quantitative estimate of drug-likeness (QED) is 0.107. The van der Waals surface area contributed by atoms with E-state index in [9.17, 15) is 33.6 Å². The Morgan fingerprint density at radius 3 is 0.750 bits per heavy atom. The molecule has 0 unspecified atom stereocenters. The normalized spacial score (nSPS) is 12.7. The monoisotopic (exact) mass is 527 g/mol. The summed E-state index contributed by atoms with van der Waals surface area (Å²) in [5.74, 6) is -5.89. The lowest BCUT2D eigenvalue weighted by Gasteiger charge is -2.01. The van der Waals surface area contributed by atoms with Crippen LogP contribution in [0.5, 0.6) is 0 Å². The van der Waals surface area contributed by atoms with Crippen LogP contribution in [-0.2, 0) is 33.6 Å². The highest BCUT2D eigenvalue weighted by molar-refractivity contribution is 5.78. The van der Waals surface area contributed by atoms with Gasteiger partial charge in [-0.25, -0.2) is 0 Å². The van der Waals surface area contributed by atoms with E-state index in [0.29, 0.717) is 0 Å². The van der Waals surface area contributed by atoms with Gasteiger partial charge in [-0.05, 0) is 26.2 Å². The number of primary amides is 3. The number of hydrogen-bond donors (Lipinski definition) is 11. The Balaban J connectivity index is -0.000000193. The topological polar surface area (TPSA) is 383 Å². The standard InChI is InChI=1S/3C5H10N2O3.C3H7NO2/c3*6-3(5(9)10)1-2-4(7)8;1-2(4)3(5)6/h3*3H,1-2,6H2,(H2,7,8)(H,9,10);2H,4H2,1H3,(H,5,6)/t3*3-;2-/m0000/s1. The number of carbonyl (C=O) groups excluding carboxylic acids is 3. The molecular weight excluding hydrogens is 490 g/mol. The van der Waals surface area contributed by atoms with Crippen molar-refractivity contribution in [2.45, 2.75) is 69.6 Å². The average molecular weight is 528 g/mol. The fraction of sp³-hybridized carbons (Fsp3) is 0.611. The van der Waals surface area contributed by atoms with Crippen LogP contribution in [0.2, 0.25) is 0 Å². The SMILES string of the molecule is C[C@H](N)C(=O)O.NC(=O)CC[C@H](N)C(=O)O.NC(=O)CC[C@H](N)C(=O)O.NC(=O)CC[C@H](N)C(=O)O. The minimum Gasteiger partial charge on any atom is -0.480 e. The lowest BCUT2D eigenvalue weighted by atomic mass is 10.2. The molecule has 0 aromatic rings.